The van der Waals surface area contributed by atoms with Crippen LogP contribution in [0.2, 0.25) is 0 Å². The lowest BCUT2D eigenvalue weighted by Gasteiger charge is -2.37. The summed E-state index contributed by atoms with van der Waals surface area (Å²) in [4.78, 5) is 15.9. The minimum atomic E-state index is -1.06. The van der Waals surface area contributed by atoms with Gasteiger partial charge < -0.3 is 4.90 Å². The summed E-state index contributed by atoms with van der Waals surface area (Å²) in [7, 11) is 0. The summed E-state index contributed by atoms with van der Waals surface area (Å²) in [5, 5.41) is 9.47. The van der Waals surface area contributed by atoms with Gasteiger partial charge >= 0.3 is 0 Å². The van der Waals surface area contributed by atoms with E-state index in [0.717, 1.165) is 12.1 Å². The van der Waals surface area contributed by atoms with Gasteiger partial charge in [-0.25, -0.2) is 13.2 Å². The highest BCUT2D eigenvalue weighted by atomic mass is 19.2. The zero-order chi connectivity index (χ0) is 18.7. The molecule has 1 aliphatic rings. The summed E-state index contributed by atoms with van der Waals surface area (Å²) in [6.07, 6.45) is 0. The first kappa shape index (κ1) is 18.0. The van der Waals surface area contributed by atoms with Crippen molar-refractivity contribution in [3.05, 3.63) is 71.0 Å². The molecular weight excluding hydrogens is 343 g/mol. The molecule has 26 heavy (non-hydrogen) atoms. The molecule has 1 aliphatic heterocycles. The number of benzene rings is 2. The molecule has 1 unspecified atom stereocenters. The molecule has 2 aromatic rings. The number of nitriles is 1. The standard InChI is InChI=1S/C19H16F3N3O/c20-15-4-1-13(2-5-15)18(12-23)24-7-9-25(10-8-24)19(26)14-3-6-16(21)17(22)11-14/h1-6,11,18H,7-10H2. The van der Waals surface area contributed by atoms with Crippen LogP contribution in [0.15, 0.2) is 42.5 Å². The van der Waals surface area contributed by atoms with E-state index in [1.807, 2.05) is 4.90 Å². The lowest BCUT2D eigenvalue weighted by atomic mass is 10.1. The Balaban J connectivity index is 1.66. The Morgan fingerprint density at radius 2 is 1.62 bits per heavy atom. The molecule has 0 radical (unpaired) electrons. The molecule has 1 amide bonds. The van der Waals surface area contributed by atoms with Gasteiger partial charge in [0.05, 0.1) is 6.07 Å². The van der Waals surface area contributed by atoms with Crippen molar-refractivity contribution in [1.82, 2.24) is 9.80 Å². The van der Waals surface area contributed by atoms with E-state index in [0.29, 0.717) is 31.7 Å². The molecule has 134 valence electrons. The van der Waals surface area contributed by atoms with Gasteiger partial charge in [-0.3, -0.25) is 9.69 Å². The Morgan fingerprint density at radius 1 is 0.962 bits per heavy atom. The van der Waals surface area contributed by atoms with Gasteiger partial charge in [0.1, 0.15) is 11.9 Å². The average molecular weight is 359 g/mol. The molecule has 1 saturated heterocycles. The highest BCUT2D eigenvalue weighted by Gasteiger charge is 2.27. The Hall–Kier alpha value is -2.85. The number of carbonyl (C=O) groups excluding carboxylic acids is 1. The zero-order valence-electron chi connectivity index (χ0n) is 13.8. The molecule has 3 rings (SSSR count). The molecule has 0 aromatic heterocycles. The van der Waals surface area contributed by atoms with Crippen molar-refractivity contribution in [2.24, 2.45) is 0 Å². The van der Waals surface area contributed by atoms with Gasteiger partial charge in [-0.2, -0.15) is 5.26 Å². The molecule has 1 atom stereocenters. The van der Waals surface area contributed by atoms with Gasteiger partial charge in [0.25, 0.3) is 5.91 Å². The molecule has 1 heterocycles. The first-order valence-corrected chi connectivity index (χ1v) is 8.13. The fourth-order valence-corrected chi connectivity index (χ4v) is 3.01. The van der Waals surface area contributed by atoms with Crippen molar-refractivity contribution < 1.29 is 18.0 Å². The molecule has 7 heteroatoms. The highest BCUT2D eigenvalue weighted by Crippen LogP contribution is 2.22. The molecule has 0 spiro atoms. The minimum absolute atomic E-state index is 0.0905. The molecule has 1 fully saturated rings. The minimum Gasteiger partial charge on any atom is -0.336 e. The number of rotatable bonds is 3. The van der Waals surface area contributed by atoms with Crippen LogP contribution in [0, 0.1) is 28.8 Å². The number of hydrogen-bond donors (Lipinski definition) is 0. The van der Waals surface area contributed by atoms with Gasteiger partial charge in [-0.05, 0) is 35.9 Å². The third kappa shape index (κ3) is 3.70. The van der Waals surface area contributed by atoms with Crippen LogP contribution >= 0.6 is 0 Å². The van der Waals surface area contributed by atoms with Crippen LogP contribution in [0.25, 0.3) is 0 Å². The van der Waals surface area contributed by atoms with E-state index in [9.17, 15) is 23.2 Å². The van der Waals surface area contributed by atoms with Crippen molar-refractivity contribution >= 4 is 5.91 Å². The number of piperazine rings is 1. The topological polar surface area (TPSA) is 47.3 Å². The number of hydrogen-bond acceptors (Lipinski definition) is 3. The van der Waals surface area contributed by atoms with Crippen molar-refractivity contribution in [3.63, 3.8) is 0 Å². The van der Waals surface area contributed by atoms with E-state index in [1.54, 1.807) is 17.0 Å². The van der Waals surface area contributed by atoms with E-state index in [-0.39, 0.29) is 17.3 Å². The van der Waals surface area contributed by atoms with E-state index in [1.165, 1.54) is 18.2 Å². The summed E-state index contributed by atoms with van der Waals surface area (Å²) in [5.41, 5.74) is 0.780. The predicted octanol–water partition coefficient (Wildman–Crippen LogP) is 3.13. The van der Waals surface area contributed by atoms with Crippen molar-refractivity contribution in [3.8, 4) is 6.07 Å². The average Bonchev–Trinajstić information content (AvgIpc) is 2.66. The normalized spacial score (nSPS) is 16.2. The number of amides is 1. The quantitative estimate of drug-likeness (QED) is 0.846. The van der Waals surface area contributed by atoms with E-state index >= 15 is 0 Å². The summed E-state index contributed by atoms with van der Waals surface area (Å²) in [6, 6.07) is 10.5. The second kappa shape index (κ2) is 7.58. The first-order chi connectivity index (χ1) is 12.5. The molecule has 0 saturated carbocycles. The molecule has 4 nitrogen and oxygen atoms in total. The predicted molar refractivity (Wildman–Crippen MR) is 88.6 cm³/mol. The fourth-order valence-electron chi connectivity index (χ4n) is 3.01. The molecular formula is C19H16F3N3O. The smallest absolute Gasteiger partial charge is 0.254 e. The monoisotopic (exact) mass is 359 g/mol. The van der Waals surface area contributed by atoms with E-state index in [4.69, 9.17) is 0 Å². The maximum Gasteiger partial charge on any atom is 0.254 e. The van der Waals surface area contributed by atoms with E-state index in [2.05, 4.69) is 6.07 Å². The number of halogens is 3. The van der Waals surface area contributed by atoms with Crippen molar-refractivity contribution in [1.29, 1.82) is 5.26 Å². The van der Waals surface area contributed by atoms with Gasteiger partial charge in [-0.1, -0.05) is 12.1 Å². The lowest BCUT2D eigenvalue weighted by Crippen LogP contribution is -2.49. The maximum atomic E-state index is 13.3. The van der Waals surface area contributed by atoms with Crippen LogP contribution < -0.4 is 0 Å². The molecule has 2 aromatic carbocycles. The SMILES string of the molecule is N#CC(c1ccc(F)cc1)N1CCN(C(=O)c2ccc(F)c(F)c2)CC1. The Labute approximate surface area is 149 Å². The largest absolute Gasteiger partial charge is 0.336 e. The van der Waals surface area contributed by atoms with Crippen LogP contribution in [0.3, 0.4) is 0 Å². The molecule has 0 N–H and O–H groups in total. The maximum absolute atomic E-state index is 13.3. The number of carbonyl (C=O) groups is 1. The summed E-state index contributed by atoms with van der Waals surface area (Å²) in [5.74, 6) is -2.80. The Morgan fingerprint density at radius 3 is 2.19 bits per heavy atom. The van der Waals surface area contributed by atoms with Crippen LogP contribution in [0.1, 0.15) is 22.0 Å². The third-order valence-corrected chi connectivity index (χ3v) is 4.44. The van der Waals surface area contributed by atoms with Crippen LogP contribution in [-0.4, -0.2) is 41.9 Å². The molecule has 0 bridgehead atoms. The van der Waals surface area contributed by atoms with Gasteiger partial charge in [0, 0.05) is 31.7 Å². The highest BCUT2D eigenvalue weighted by molar-refractivity contribution is 5.94. The molecule has 0 aliphatic carbocycles. The first-order valence-electron chi connectivity index (χ1n) is 8.13. The second-order valence-electron chi connectivity index (χ2n) is 6.04. The zero-order valence-corrected chi connectivity index (χ0v) is 13.8. The van der Waals surface area contributed by atoms with Crippen LogP contribution in [-0.2, 0) is 0 Å². The van der Waals surface area contributed by atoms with E-state index < -0.39 is 17.7 Å². The van der Waals surface area contributed by atoms with Crippen LogP contribution in [0.5, 0.6) is 0 Å². The van der Waals surface area contributed by atoms with Gasteiger partial charge in [-0.15, -0.1) is 0 Å². The third-order valence-electron chi connectivity index (χ3n) is 4.44. The van der Waals surface area contributed by atoms with Gasteiger partial charge in [0.2, 0.25) is 0 Å². The lowest BCUT2D eigenvalue weighted by molar-refractivity contribution is 0.0605. The fraction of sp³-hybridized carbons (Fsp3) is 0.263. The van der Waals surface area contributed by atoms with Crippen molar-refractivity contribution in [2.75, 3.05) is 26.2 Å². The Bertz CT molecular complexity index is 840. The second-order valence-corrected chi connectivity index (χ2v) is 6.04. The summed E-state index contributed by atoms with van der Waals surface area (Å²) < 4.78 is 39.4. The van der Waals surface area contributed by atoms with Gasteiger partial charge in [0.15, 0.2) is 11.6 Å². The number of nitrogens with zero attached hydrogens (tertiary/aromatic N) is 3. The summed E-state index contributed by atoms with van der Waals surface area (Å²) in [6.45, 7) is 1.62. The Kier molecular flexibility index (Phi) is 5.24. The van der Waals surface area contributed by atoms with Crippen LogP contribution in [0.4, 0.5) is 13.2 Å². The van der Waals surface area contributed by atoms with Crippen molar-refractivity contribution in [2.45, 2.75) is 6.04 Å². The summed E-state index contributed by atoms with van der Waals surface area (Å²) >= 11 is 0.